The first-order chi connectivity index (χ1) is 12.5. The molecule has 1 heterocycles. The van der Waals surface area contributed by atoms with Gasteiger partial charge in [0.1, 0.15) is 10.7 Å². The van der Waals surface area contributed by atoms with Crippen LogP contribution in [0, 0.1) is 0 Å². The smallest absolute Gasteiger partial charge is 0.210 e. The first kappa shape index (κ1) is 18.4. The molecule has 0 spiro atoms. The fourth-order valence-electron chi connectivity index (χ4n) is 3.68. The van der Waals surface area contributed by atoms with Crippen molar-refractivity contribution in [3.8, 4) is 0 Å². The van der Waals surface area contributed by atoms with Crippen molar-refractivity contribution < 1.29 is 8.42 Å². The van der Waals surface area contributed by atoms with E-state index >= 15 is 0 Å². The average molecular weight is 372 g/mol. The molecule has 1 aliphatic carbocycles. The molecule has 1 aromatic heterocycles. The zero-order valence-corrected chi connectivity index (χ0v) is 15.7. The molecule has 1 saturated carbocycles. The molecule has 0 bridgehead atoms. The van der Waals surface area contributed by atoms with Crippen molar-refractivity contribution in [1.29, 1.82) is 0 Å². The highest BCUT2D eigenvalue weighted by Gasteiger charge is 2.33. The van der Waals surface area contributed by atoms with Crippen LogP contribution >= 0.6 is 0 Å². The highest BCUT2D eigenvalue weighted by molar-refractivity contribution is 7.91. The van der Waals surface area contributed by atoms with Crippen molar-refractivity contribution in [2.75, 3.05) is 12.8 Å². The molecule has 0 atom stereocenters. The summed E-state index contributed by atoms with van der Waals surface area (Å²) in [4.78, 5) is 0.280. The molecule has 3 rings (SSSR count). The number of nitrogens with zero attached hydrogens (tertiary/aromatic N) is 3. The fourth-order valence-corrected chi connectivity index (χ4v) is 5.27. The molecular formula is C19H24N4O2S. The van der Waals surface area contributed by atoms with Crippen molar-refractivity contribution in [3.63, 3.8) is 0 Å². The molecule has 0 amide bonds. The second kappa shape index (κ2) is 7.45. The zero-order chi connectivity index (χ0) is 18.7. The lowest BCUT2D eigenvalue weighted by atomic mass is 9.95. The van der Waals surface area contributed by atoms with E-state index in [4.69, 9.17) is 5.73 Å². The number of rotatable bonds is 5. The Balaban J connectivity index is 2.27. The van der Waals surface area contributed by atoms with Crippen LogP contribution in [0.5, 0.6) is 0 Å². The minimum atomic E-state index is -3.79. The van der Waals surface area contributed by atoms with E-state index in [2.05, 4.69) is 16.8 Å². The Kier molecular flexibility index (Phi) is 5.27. The van der Waals surface area contributed by atoms with Gasteiger partial charge in [-0.2, -0.15) is 5.11 Å². The molecule has 138 valence electrons. The maximum atomic E-state index is 13.3. The quantitative estimate of drug-likeness (QED) is 0.767. The van der Waals surface area contributed by atoms with Gasteiger partial charge in [-0.15, -0.1) is 5.11 Å². The van der Waals surface area contributed by atoms with Crippen LogP contribution in [0.4, 0.5) is 11.6 Å². The van der Waals surface area contributed by atoms with Gasteiger partial charge in [-0.3, -0.25) is 0 Å². The maximum absolute atomic E-state index is 13.3. The van der Waals surface area contributed by atoms with Crippen LogP contribution in [0.1, 0.15) is 43.7 Å². The molecule has 7 heteroatoms. The molecule has 2 N–H and O–H groups in total. The number of hydrogen-bond acceptors (Lipinski definition) is 5. The number of azo groups is 1. The lowest BCUT2D eigenvalue weighted by Crippen LogP contribution is -2.15. The van der Waals surface area contributed by atoms with E-state index in [1.807, 2.05) is 4.57 Å². The summed E-state index contributed by atoms with van der Waals surface area (Å²) >= 11 is 0. The SMILES string of the molecule is C=Cc1c(S(=O)(=O)c2ccccc2)c(N)n(C2CCCCC2)c1N=NC. The van der Waals surface area contributed by atoms with Crippen LogP contribution in [0.15, 0.2) is 56.9 Å². The lowest BCUT2D eigenvalue weighted by molar-refractivity contribution is 0.358. The number of anilines is 1. The Morgan fingerprint density at radius 1 is 1.19 bits per heavy atom. The summed E-state index contributed by atoms with van der Waals surface area (Å²) < 4.78 is 28.4. The van der Waals surface area contributed by atoms with Crippen molar-refractivity contribution >= 4 is 27.5 Å². The van der Waals surface area contributed by atoms with Crippen LogP contribution < -0.4 is 5.73 Å². The third kappa shape index (κ3) is 3.07. The molecule has 0 unspecified atom stereocenters. The lowest BCUT2D eigenvalue weighted by Gasteiger charge is -2.25. The van der Waals surface area contributed by atoms with Gasteiger partial charge in [-0.05, 0) is 25.0 Å². The summed E-state index contributed by atoms with van der Waals surface area (Å²) in [6, 6.07) is 8.44. The third-order valence-electron chi connectivity index (χ3n) is 4.87. The van der Waals surface area contributed by atoms with E-state index in [-0.39, 0.29) is 21.7 Å². The van der Waals surface area contributed by atoms with E-state index in [1.54, 1.807) is 37.4 Å². The third-order valence-corrected chi connectivity index (χ3v) is 6.73. The van der Waals surface area contributed by atoms with Gasteiger partial charge in [0.2, 0.25) is 9.84 Å². The number of hydrogen-bond donors (Lipinski definition) is 1. The molecule has 0 radical (unpaired) electrons. The highest BCUT2D eigenvalue weighted by Crippen LogP contribution is 2.44. The molecule has 1 aromatic carbocycles. The van der Waals surface area contributed by atoms with E-state index in [0.29, 0.717) is 11.4 Å². The minimum Gasteiger partial charge on any atom is -0.384 e. The summed E-state index contributed by atoms with van der Waals surface area (Å²) in [7, 11) is -2.23. The Morgan fingerprint density at radius 2 is 1.85 bits per heavy atom. The molecule has 6 nitrogen and oxygen atoms in total. The summed E-state index contributed by atoms with van der Waals surface area (Å²) in [5, 5.41) is 8.10. The monoisotopic (exact) mass is 372 g/mol. The molecule has 1 aliphatic rings. The summed E-state index contributed by atoms with van der Waals surface area (Å²) in [6.07, 6.45) is 6.78. The molecule has 1 fully saturated rings. The molecule has 0 aliphatic heterocycles. The second-order valence-electron chi connectivity index (χ2n) is 6.43. The molecule has 2 aromatic rings. The maximum Gasteiger partial charge on any atom is 0.210 e. The summed E-state index contributed by atoms with van der Waals surface area (Å²) in [5.41, 5.74) is 6.82. The second-order valence-corrected chi connectivity index (χ2v) is 8.32. The van der Waals surface area contributed by atoms with Gasteiger partial charge in [0.05, 0.1) is 4.90 Å². The van der Waals surface area contributed by atoms with Crippen LogP contribution in [-0.4, -0.2) is 20.0 Å². The topological polar surface area (TPSA) is 89.8 Å². The predicted molar refractivity (Wildman–Crippen MR) is 103 cm³/mol. The van der Waals surface area contributed by atoms with Gasteiger partial charge in [-0.1, -0.05) is 50.1 Å². The van der Waals surface area contributed by atoms with Gasteiger partial charge in [0, 0.05) is 18.7 Å². The number of nitrogens with two attached hydrogens (primary N) is 1. The Labute approximate surface area is 154 Å². The zero-order valence-electron chi connectivity index (χ0n) is 14.9. The highest BCUT2D eigenvalue weighted by atomic mass is 32.2. The van der Waals surface area contributed by atoms with Crippen LogP contribution in [0.3, 0.4) is 0 Å². The van der Waals surface area contributed by atoms with Crippen molar-refractivity contribution in [2.24, 2.45) is 10.2 Å². The number of sulfone groups is 1. The fraction of sp³-hybridized carbons (Fsp3) is 0.368. The average Bonchev–Trinajstić information content (AvgIpc) is 2.95. The number of benzene rings is 1. The van der Waals surface area contributed by atoms with E-state index in [0.717, 1.165) is 25.7 Å². The molecule has 26 heavy (non-hydrogen) atoms. The standard InChI is InChI=1S/C19H24N4O2S/c1-3-16-17(26(24,25)15-12-8-5-9-13-15)18(20)23(19(16)22-21-2)14-10-6-4-7-11-14/h3,5,8-9,12-14H,1,4,6-7,10-11,20H2,2H3. The Hall–Kier alpha value is -2.41. The van der Waals surface area contributed by atoms with E-state index in [1.165, 1.54) is 12.5 Å². The largest absolute Gasteiger partial charge is 0.384 e. The van der Waals surface area contributed by atoms with Gasteiger partial charge >= 0.3 is 0 Å². The summed E-state index contributed by atoms with van der Waals surface area (Å²) in [6.45, 7) is 3.81. The van der Waals surface area contributed by atoms with Gasteiger partial charge in [-0.25, -0.2) is 8.42 Å². The van der Waals surface area contributed by atoms with Crippen LogP contribution in [-0.2, 0) is 9.84 Å². The normalized spacial score (nSPS) is 16.2. The van der Waals surface area contributed by atoms with Crippen LogP contribution in [0.25, 0.3) is 6.08 Å². The number of nitrogen functional groups attached to an aromatic ring is 1. The Bertz CT molecular complexity index is 924. The van der Waals surface area contributed by atoms with Crippen molar-refractivity contribution in [3.05, 3.63) is 42.5 Å². The summed E-state index contributed by atoms with van der Waals surface area (Å²) in [5.74, 6) is 0.694. The van der Waals surface area contributed by atoms with Crippen LogP contribution in [0.2, 0.25) is 0 Å². The molecular weight excluding hydrogens is 348 g/mol. The minimum absolute atomic E-state index is 0.0756. The first-order valence-electron chi connectivity index (χ1n) is 8.78. The van der Waals surface area contributed by atoms with Gasteiger partial charge < -0.3 is 10.3 Å². The first-order valence-corrected chi connectivity index (χ1v) is 10.3. The van der Waals surface area contributed by atoms with Crippen molar-refractivity contribution in [2.45, 2.75) is 47.9 Å². The Morgan fingerprint density at radius 3 is 2.42 bits per heavy atom. The van der Waals surface area contributed by atoms with Gasteiger partial charge in [0.25, 0.3) is 0 Å². The predicted octanol–water partition coefficient (Wildman–Crippen LogP) is 4.76. The van der Waals surface area contributed by atoms with E-state index < -0.39 is 9.84 Å². The number of aromatic nitrogens is 1. The van der Waals surface area contributed by atoms with E-state index in [9.17, 15) is 8.42 Å². The van der Waals surface area contributed by atoms with Gasteiger partial charge in [0.15, 0.2) is 5.82 Å². The van der Waals surface area contributed by atoms with Crippen molar-refractivity contribution in [1.82, 2.24) is 4.57 Å². The molecule has 0 saturated heterocycles.